The third-order valence-electron chi connectivity index (χ3n) is 8.09. The van der Waals surface area contributed by atoms with E-state index in [0.717, 1.165) is 44.0 Å². The van der Waals surface area contributed by atoms with Crippen molar-refractivity contribution in [2.24, 2.45) is 0 Å². The molecule has 0 spiro atoms. The molecule has 9 aromatic rings. The van der Waals surface area contributed by atoms with E-state index in [-0.39, 0.29) is 0 Å². The maximum absolute atomic E-state index is 5.25. The van der Waals surface area contributed by atoms with E-state index >= 15 is 0 Å². The summed E-state index contributed by atoms with van der Waals surface area (Å²) >= 11 is 3.62. The molecule has 2 nitrogen and oxygen atoms in total. The Labute approximate surface area is 250 Å². The Hall–Kier alpha value is -4.90. The normalized spacial score (nSPS) is 11.8. The number of benzene rings is 6. The third-order valence-corrected chi connectivity index (χ3v) is 10.4. The molecule has 0 saturated heterocycles. The smallest absolute Gasteiger partial charge is 0.124 e. The van der Waals surface area contributed by atoms with Gasteiger partial charge in [0.1, 0.15) is 5.01 Å². The lowest BCUT2D eigenvalue weighted by molar-refractivity contribution is 1.43. The van der Waals surface area contributed by atoms with Gasteiger partial charge in [-0.2, -0.15) is 0 Å². The summed E-state index contributed by atoms with van der Waals surface area (Å²) < 4.78 is 3.84. The van der Waals surface area contributed by atoms with Crippen LogP contribution in [0.4, 0.5) is 0 Å². The quantitative estimate of drug-likeness (QED) is 0.197. The van der Waals surface area contributed by atoms with Crippen LogP contribution >= 0.6 is 22.7 Å². The minimum Gasteiger partial charge on any atom is -0.247 e. The molecule has 0 radical (unpaired) electrons. The molecule has 0 unspecified atom stereocenters. The zero-order valence-electron chi connectivity index (χ0n) is 22.4. The van der Waals surface area contributed by atoms with Crippen molar-refractivity contribution in [3.63, 3.8) is 0 Å². The maximum Gasteiger partial charge on any atom is 0.124 e. The first-order valence-electron chi connectivity index (χ1n) is 14.0. The van der Waals surface area contributed by atoms with Crippen LogP contribution in [0.3, 0.4) is 0 Å². The minimum atomic E-state index is 1.02. The van der Waals surface area contributed by atoms with Crippen LogP contribution in [0.5, 0.6) is 0 Å². The van der Waals surface area contributed by atoms with Crippen molar-refractivity contribution in [1.82, 2.24) is 9.97 Å². The number of nitrogens with zero attached hydrogens (tertiary/aromatic N) is 2. The molecular formula is C38H22N2S2. The van der Waals surface area contributed by atoms with E-state index in [0.29, 0.717) is 0 Å². The van der Waals surface area contributed by atoms with Crippen molar-refractivity contribution in [1.29, 1.82) is 0 Å². The molecule has 0 amide bonds. The molecule has 42 heavy (non-hydrogen) atoms. The Morgan fingerprint density at radius 2 is 1.14 bits per heavy atom. The van der Waals surface area contributed by atoms with Crippen LogP contribution < -0.4 is 0 Å². The fourth-order valence-corrected chi connectivity index (χ4v) is 8.31. The monoisotopic (exact) mass is 570 g/mol. The van der Waals surface area contributed by atoms with Gasteiger partial charge in [-0.15, -0.1) is 22.7 Å². The van der Waals surface area contributed by atoms with E-state index in [1.807, 2.05) is 17.4 Å². The summed E-state index contributed by atoms with van der Waals surface area (Å²) in [6.45, 7) is 0. The number of hydrogen-bond donors (Lipinski definition) is 0. The molecule has 4 heteroatoms. The van der Waals surface area contributed by atoms with Gasteiger partial charge in [-0.05, 0) is 41.5 Å². The molecule has 0 aliphatic carbocycles. The number of fused-ring (bicyclic) bond motifs is 8. The predicted octanol–water partition coefficient (Wildman–Crippen LogP) is 11.4. The molecule has 0 bridgehead atoms. The van der Waals surface area contributed by atoms with E-state index in [9.17, 15) is 0 Å². The van der Waals surface area contributed by atoms with E-state index in [4.69, 9.17) is 9.97 Å². The summed E-state index contributed by atoms with van der Waals surface area (Å²) in [6.07, 6.45) is 0. The number of rotatable bonds is 3. The molecule has 0 aliphatic rings. The molecule has 0 aliphatic heterocycles. The van der Waals surface area contributed by atoms with Gasteiger partial charge in [-0.25, -0.2) is 9.97 Å². The first-order chi connectivity index (χ1) is 20.8. The van der Waals surface area contributed by atoms with Gasteiger partial charge in [0, 0.05) is 47.5 Å². The zero-order valence-corrected chi connectivity index (χ0v) is 24.0. The summed E-state index contributed by atoms with van der Waals surface area (Å²) in [4.78, 5) is 10.2. The molecule has 0 atom stereocenters. The Balaban J connectivity index is 1.23. The van der Waals surface area contributed by atoms with Crippen molar-refractivity contribution in [2.45, 2.75) is 0 Å². The summed E-state index contributed by atoms with van der Waals surface area (Å²) in [7, 11) is 0. The van der Waals surface area contributed by atoms with Crippen molar-refractivity contribution in [3.8, 4) is 33.0 Å². The van der Waals surface area contributed by atoms with Gasteiger partial charge in [0.05, 0.1) is 21.4 Å². The van der Waals surface area contributed by atoms with Gasteiger partial charge in [-0.3, -0.25) is 0 Å². The highest BCUT2D eigenvalue weighted by Crippen LogP contribution is 2.43. The standard InChI is InChI=1S/C38H22N2S2/c1-2-9-23(10-3-1)38-40-32-22-25(17-20-34(32)42-38)24-11-8-12-26(21-24)36-30-19-18-28-27-13-5-7-16-33(27)41-37(28)35(30)29-14-4-6-15-31(29)39-36/h1-22H. The van der Waals surface area contributed by atoms with Crippen molar-refractivity contribution in [2.75, 3.05) is 0 Å². The zero-order chi connectivity index (χ0) is 27.6. The number of thiophene rings is 1. The molecule has 3 aromatic heterocycles. The second-order valence-electron chi connectivity index (χ2n) is 10.6. The van der Waals surface area contributed by atoms with Crippen molar-refractivity contribution < 1.29 is 0 Å². The van der Waals surface area contributed by atoms with Crippen molar-refractivity contribution in [3.05, 3.63) is 133 Å². The number of thiazole rings is 1. The van der Waals surface area contributed by atoms with Crippen LogP contribution in [0.15, 0.2) is 133 Å². The second-order valence-corrected chi connectivity index (χ2v) is 12.7. The first-order valence-corrected chi connectivity index (χ1v) is 15.6. The van der Waals surface area contributed by atoms with Gasteiger partial charge in [-0.1, -0.05) is 103 Å². The van der Waals surface area contributed by atoms with Crippen LogP contribution in [0.25, 0.3) is 85.0 Å². The summed E-state index contributed by atoms with van der Waals surface area (Å²) in [5.41, 5.74) is 7.67. The molecule has 6 aromatic carbocycles. The van der Waals surface area contributed by atoms with E-state index < -0.39 is 0 Å². The number of pyridine rings is 1. The molecule has 9 rings (SSSR count). The summed E-state index contributed by atoms with van der Waals surface area (Å²) in [6, 6.07) is 47.6. The third kappa shape index (κ3) is 3.69. The SMILES string of the molecule is c1ccc(-c2nc3cc(-c4cccc(-c5nc6ccccc6c6c5ccc5c7ccccc7sc56)c4)ccc3s2)cc1. The maximum atomic E-state index is 5.25. The van der Waals surface area contributed by atoms with Crippen molar-refractivity contribution >= 4 is 74.7 Å². The highest BCUT2D eigenvalue weighted by Gasteiger charge is 2.16. The molecule has 0 N–H and O–H groups in total. The van der Waals surface area contributed by atoms with Gasteiger partial charge in [0.2, 0.25) is 0 Å². The lowest BCUT2D eigenvalue weighted by atomic mass is 9.96. The van der Waals surface area contributed by atoms with Gasteiger partial charge in [0.15, 0.2) is 0 Å². The fraction of sp³-hybridized carbons (Fsp3) is 0. The molecule has 0 fully saturated rings. The largest absolute Gasteiger partial charge is 0.247 e. The summed E-state index contributed by atoms with van der Waals surface area (Å²) in [5, 5.41) is 7.36. The van der Waals surface area contributed by atoms with Gasteiger partial charge >= 0.3 is 0 Å². The minimum absolute atomic E-state index is 1.02. The van der Waals surface area contributed by atoms with Crippen LogP contribution in [-0.2, 0) is 0 Å². The number of para-hydroxylation sites is 1. The van der Waals surface area contributed by atoms with Crippen LogP contribution in [0, 0.1) is 0 Å². The predicted molar refractivity (Wildman–Crippen MR) is 182 cm³/mol. The first kappa shape index (κ1) is 23.8. The molecular weight excluding hydrogens is 549 g/mol. The Morgan fingerprint density at radius 1 is 0.405 bits per heavy atom. The number of aromatic nitrogens is 2. The van der Waals surface area contributed by atoms with Gasteiger partial charge < -0.3 is 0 Å². The summed E-state index contributed by atoms with van der Waals surface area (Å²) in [5.74, 6) is 0. The topological polar surface area (TPSA) is 25.8 Å². The number of hydrogen-bond acceptors (Lipinski definition) is 4. The Bertz CT molecular complexity index is 2470. The van der Waals surface area contributed by atoms with Gasteiger partial charge in [0.25, 0.3) is 0 Å². The van der Waals surface area contributed by atoms with Crippen LogP contribution in [-0.4, -0.2) is 9.97 Å². The lowest BCUT2D eigenvalue weighted by Gasteiger charge is -2.12. The fourth-order valence-electron chi connectivity index (χ4n) is 6.09. The van der Waals surface area contributed by atoms with E-state index in [2.05, 4.69) is 127 Å². The molecule has 0 saturated carbocycles. The molecule has 3 heterocycles. The van der Waals surface area contributed by atoms with E-state index in [1.165, 1.54) is 41.0 Å². The van der Waals surface area contributed by atoms with Crippen LogP contribution in [0.1, 0.15) is 0 Å². The lowest BCUT2D eigenvalue weighted by Crippen LogP contribution is -1.90. The highest BCUT2D eigenvalue weighted by molar-refractivity contribution is 7.26. The average molecular weight is 571 g/mol. The van der Waals surface area contributed by atoms with Crippen LogP contribution in [0.2, 0.25) is 0 Å². The highest BCUT2D eigenvalue weighted by atomic mass is 32.1. The average Bonchev–Trinajstić information content (AvgIpc) is 3.66. The Kier molecular flexibility index (Phi) is 5.27. The molecule has 196 valence electrons. The second kappa shape index (κ2) is 9.31. The Morgan fingerprint density at radius 3 is 2.07 bits per heavy atom. The van der Waals surface area contributed by atoms with E-state index in [1.54, 1.807) is 11.3 Å².